The topological polar surface area (TPSA) is 355 Å². The van der Waals surface area contributed by atoms with Gasteiger partial charge in [0.25, 0.3) is 22.7 Å². The van der Waals surface area contributed by atoms with Crippen molar-refractivity contribution in [1.29, 1.82) is 0 Å². The van der Waals surface area contributed by atoms with Gasteiger partial charge in [0.1, 0.15) is 55.2 Å². The number of nitrogens with one attached hydrogen (secondary N) is 1. The summed E-state index contributed by atoms with van der Waals surface area (Å²) < 4.78 is 43.1. The minimum Gasteiger partial charge on any atom is -0.432 e. The standard InChI is InChI=1S/C62H57N11O20/c74-58(90-52-24-16-48(17-25-52)69(78)79)86-40-36-65(37-41-87-59(75)91-53-26-18-49(19-27-53)70(80)81)56-44-57(64-73(63-56)68-34-32-67(33-35-68)62(45-10-4-1-5-11-45,46-12-6-2-7-13-46)47-14-8-3-9-15-47)66(38-42-88-60(76)92-54-28-20-50(21-29-54)71(82)83)39-43-89-61(77)93-55-30-22-51(23-31-55)72(84)85/h1-31,44,63H,32-43H2. The monoisotopic (exact) mass is 1280 g/mol. The van der Waals surface area contributed by atoms with Gasteiger partial charge in [-0.3, -0.25) is 50.8 Å². The summed E-state index contributed by atoms with van der Waals surface area (Å²) in [4.78, 5) is 101. The van der Waals surface area contributed by atoms with Gasteiger partial charge in [0.2, 0.25) is 0 Å². The number of nitrogens with zero attached hydrogens (tertiary/aromatic N) is 10. The molecule has 7 aromatic rings. The molecule has 9 rings (SSSR count). The third-order valence-corrected chi connectivity index (χ3v) is 14.2. The number of non-ortho nitro benzene ring substituents is 4. The van der Waals surface area contributed by atoms with Crippen LogP contribution in [0.1, 0.15) is 16.7 Å². The Hall–Kier alpha value is -12.3. The van der Waals surface area contributed by atoms with Crippen molar-refractivity contribution in [3.63, 3.8) is 0 Å². The molecule has 1 fully saturated rings. The summed E-state index contributed by atoms with van der Waals surface area (Å²) in [7, 11) is 0. The highest BCUT2D eigenvalue weighted by atomic mass is 16.7. The molecule has 2 aliphatic rings. The van der Waals surface area contributed by atoms with Crippen LogP contribution in [0.15, 0.2) is 205 Å². The average molecular weight is 1280 g/mol. The first-order valence-corrected chi connectivity index (χ1v) is 28.4. The van der Waals surface area contributed by atoms with E-state index in [9.17, 15) is 59.6 Å². The molecule has 1 N–H and O–H groups in total. The number of hydrogen-bond donors (Lipinski definition) is 1. The zero-order chi connectivity index (χ0) is 65.7. The second-order valence-electron chi connectivity index (χ2n) is 19.9. The van der Waals surface area contributed by atoms with E-state index in [0.29, 0.717) is 26.2 Å². The minimum absolute atomic E-state index is 0.0588. The van der Waals surface area contributed by atoms with Crippen LogP contribution in [-0.4, -0.2) is 154 Å². The molecule has 0 atom stereocenters. The van der Waals surface area contributed by atoms with E-state index in [0.717, 1.165) is 65.2 Å². The third kappa shape index (κ3) is 17.5. The van der Waals surface area contributed by atoms with Crippen LogP contribution >= 0.6 is 0 Å². The Morgan fingerprint density at radius 3 is 1.00 bits per heavy atom. The first-order chi connectivity index (χ1) is 45.0. The SMILES string of the molecule is O=C(OCCN(CCOC(=O)Oc1ccc([N+](=O)[O-])cc1)C1=CC(N(CCOC(=O)Oc2ccc([N+](=O)[O-])cc2)CCOC(=O)Oc2ccc([N+](=O)[O-])cc2)=NN(N2CCN(C(c3ccccc3)(c3ccccc3)c3ccccc3)CC2)N1)Oc1ccc([N+](=O)[O-])cc1. The number of rotatable bonds is 26. The second kappa shape index (κ2) is 31.3. The maximum Gasteiger partial charge on any atom is 0.513 e. The zero-order valence-electron chi connectivity index (χ0n) is 49.1. The summed E-state index contributed by atoms with van der Waals surface area (Å²) in [6.45, 7) is -0.860. The van der Waals surface area contributed by atoms with Crippen molar-refractivity contribution in [3.8, 4) is 23.0 Å². The van der Waals surface area contributed by atoms with Crippen molar-refractivity contribution in [1.82, 2.24) is 30.4 Å². The highest BCUT2D eigenvalue weighted by molar-refractivity contribution is 5.93. The lowest BCUT2D eigenvalue weighted by Crippen LogP contribution is -2.62. The molecule has 0 amide bonds. The highest BCUT2D eigenvalue weighted by Gasteiger charge is 2.44. The van der Waals surface area contributed by atoms with Gasteiger partial charge in [0.15, 0.2) is 5.84 Å². The Kier molecular flexibility index (Phi) is 21.9. The van der Waals surface area contributed by atoms with E-state index in [2.05, 4.69) is 46.7 Å². The molecule has 2 aliphatic heterocycles. The number of carbonyl (C=O) groups is 4. The number of hydrogen-bond acceptors (Lipinski definition) is 27. The molecular formula is C62H57N11O20. The summed E-state index contributed by atoms with van der Waals surface area (Å²) in [5, 5.41) is 53.5. The summed E-state index contributed by atoms with van der Waals surface area (Å²) >= 11 is 0. The Balaban J connectivity index is 1.03. The largest absolute Gasteiger partial charge is 0.513 e. The molecule has 0 aliphatic carbocycles. The van der Waals surface area contributed by atoms with E-state index in [1.807, 2.05) is 59.6 Å². The average Bonchev–Trinajstić information content (AvgIpc) is 0.749. The van der Waals surface area contributed by atoms with Crippen molar-refractivity contribution < 1.29 is 76.8 Å². The van der Waals surface area contributed by atoms with E-state index >= 15 is 0 Å². The van der Waals surface area contributed by atoms with Crippen molar-refractivity contribution in [2.24, 2.45) is 5.10 Å². The van der Waals surface area contributed by atoms with Gasteiger partial charge in [-0.2, -0.15) is 5.01 Å². The first kappa shape index (κ1) is 65.2. The fraction of sp³-hybridized carbons (Fsp3) is 0.210. The Labute approximate surface area is 528 Å². The summed E-state index contributed by atoms with van der Waals surface area (Å²) in [6, 6.07) is 49.1. The van der Waals surface area contributed by atoms with E-state index < -0.39 is 76.3 Å². The van der Waals surface area contributed by atoms with Gasteiger partial charge in [-0.15, -0.1) is 10.3 Å². The van der Waals surface area contributed by atoms with Crippen LogP contribution in [0.2, 0.25) is 0 Å². The molecule has 480 valence electrons. The molecule has 7 aromatic carbocycles. The van der Waals surface area contributed by atoms with Gasteiger partial charge in [0.05, 0.1) is 51.4 Å². The first-order valence-electron chi connectivity index (χ1n) is 28.4. The van der Waals surface area contributed by atoms with Crippen LogP contribution in [0.4, 0.5) is 41.9 Å². The summed E-state index contributed by atoms with van der Waals surface area (Å²) in [5.74, 6) is 0.104. The molecule has 93 heavy (non-hydrogen) atoms. The fourth-order valence-electron chi connectivity index (χ4n) is 9.86. The lowest BCUT2D eigenvalue weighted by atomic mass is 9.75. The predicted octanol–water partition coefficient (Wildman–Crippen LogP) is 9.59. The maximum atomic E-state index is 13.1. The van der Waals surface area contributed by atoms with Gasteiger partial charge in [-0.25, -0.2) is 19.2 Å². The molecule has 31 heteroatoms. The molecule has 0 unspecified atom stereocenters. The lowest BCUT2D eigenvalue weighted by molar-refractivity contribution is -0.385. The van der Waals surface area contributed by atoms with Crippen LogP contribution in [0.25, 0.3) is 0 Å². The van der Waals surface area contributed by atoms with Crippen molar-refractivity contribution in [2.75, 3.05) is 78.8 Å². The van der Waals surface area contributed by atoms with Gasteiger partial charge < -0.3 is 47.7 Å². The van der Waals surface area contributed by atoms with Crippen molar-refractivity contribution in [3.05, 3.63) is 257 Å². The molecule has 0 spiro atoms. The Morgan fingerprint density at radius 2 is 0.710 bits per heavy atom. The molecule has 0 saturated carbocycles. The van der Waals surface area contributed by atoms with Crippen LogP contribution in [0.3, 0.4) is 0 Å². The van der Waals surface area contributed by atoms with Crippen molar-refractivity contribution >= 4 is 53.2 Å². The van der Waals surface area contributed by atoms with Gasteiger partial charge in [0, 0.05) is 80.8 Å². The molecule has 0 aromatic heterocycles. The van der Waals surface area contributed by atoms with Gasteiger partial charge in [-0.05, 0) is 65.2 Å². The van der Waals surface area contributed by atoms with E-state index in [4.69, 9.17) is 43.0 Å². The zero-order valence-corrected chi connectivity index (χ0v) is 49.1. The lowest BCUT2D eigenvalue weighted by Gasteiger charge is -2.50. The van der Waals surface area contributed by atoms with Crippen LogP contribution < -0.4 is 24.4 Å². The van der Waals surface area contributed by atoms with Crippen LogP contribution in [0.5, 0.6) is 23.0 Å². The van der Waals surface area contributed by atoms with Gasteiger partial charge in [-0.1, -0.05) is 91.0 Å². The number of nitro benzene ring substituents is 4. The predicted molar refractivity (Wildman–Crippen MR) is 326 cm³/mol. The summed E-state index contributed by atoms with van der Waals surface area (Å²) in [5.41, 5.74) is 4.57. The number of hydrazone groups is 1. The van der Waals surface area contributed by atoms with Crippen LogP contribution in [-0.2, 0) is 24.5 Å². The minimum atomic E-state index is -1.18. The fourth-order valence-corrected chi connectivity index (χ4v) is 9.86. The molecular weight excluding hydrogens is 1220 g/mol. The van der Waals surface area contributed by atoms with E-state index in [1.54, 1.807) is 15.9 Å². The van der Waals surface area contributed by atoms with Crippen molar-refractivity contribution in [2.45, 2.75) is 5.54 Å². The Morgan fingerprint density at radius 1 is 0.419 bits per heavy atom. The quantitative estimate of drug-likeness (QED) is 0.0132. The number of ether oxygens (including phenoxy) is 8. The molecule has 2 heterocycles. The molecule has 1 saturated heterocycles. The molecule has 0 radical (unpaired) electrons. The number of amidine groups is 1. The number of nitro groups is 4. The highest BCUT2D eigenvalue weighted by Crippen LogP contribution is 2.43. The normalized spacial score (nSPS) is 13.1. The second-order valence-corrected chi connectivity index (χ2v) is 19.9. The number of carbonyl (C=O) groups excluding carboxylic acids is 4. The summed E-state index contributed by atoms with van der Waals surface area (Å²) in [6.07, 6.45) is -3.17. The van der Waals surface area contributed by atoms with E-state index in [-0.39, 0.29) is 83.6 Å². The number of benzene rings is 7. The molecule has 31 nitrogen and oxygen atoms in total. The number of piperazine rings is 1. The maximum absolute atomic E-state index is 13.1. The Bertz CT molecular complexity index is 3560. The molecule has 0 bridgehead atoms. The number of hydrazine groups is 2. The third-order valence-electron chi connectivity index (χ3n) is 14.2. The van der Waals surface area contributed by atoms with Gasteiger partial charge >= 0.3 is 24.6 Å². The van der Waals surface area contributed by atoms with Crippen LogP contribution in [0, 0.1) is 40.5 Å². The van der Waals surface area contributed by atoms with E-state index in [1.165, 1.54) is 53.8 Å². The smallest absolute Gasteiger partial charge is 0.432 e.